The molecule has 1 aromatic heterocycles. The van der Waals surface area contributed by atoms with Gasteiger partial charge in [-0.25, -0.2) is 4.39 Å². The van der Waals surface area contributed by atoms with E-state index in [1.54, 1.807) is 24.4 Å². The van der Waals surface area contributed by atoms with Crippen LogP contribution in [0.1, 0.15) is 16.7 Å². The Morgan fingerprint density at radius 2 is 1.85 bits per heavy atom. The molecule has 26 heavy (non-hydrogen) atoms. The minimum absolute atomic E-state index is 0. The lowest BCUT2D eigenvalue weighted by molar-refractivity contribution is -0.00000594. The van der Waals surface area contributed by atoms with Gasteiger partial charge < -0.3 is 22.5 Å². The smallest absolute Gasteiger partial charge is 0.129 e. The minimum Gasteiger partial charge on any atom is -1.00 e. The van der Waals surface area contributed by atoms with E-state index in [4.69, 9.17) is 4.74 Å². The van der Waals surface area contributed by atoms with Gasteiger partial charge in [-0.3, -0.25) is 4.98 Å². The van der Waals surface area contributed by atoms with Crippen LogP contribution in [-0.4, -0.2) is 4.98 Å². The van der Waals surface area contributed by atoms with Gasteiger partial charge in [-0.05, 0) is 35.9 Å². The van der Waals surface area contributed by atoms with Crippen molar-refractivity contribution in [2.75, 3.05) is 0 Å². The van der Waals surface area contributed by atoms with Crippen LogP contribution >= 0.6 is 15.9 Å². The van der Waals surface area contributed by atoms with Crippen molar-refractivity contribution in [3.8, 4) is 5.75 Å². The first kappa shape index (κ1) is 20.4. The molecule has 0 aliphatic rings. The van der Waals surface area contributed by atoms with Gasteiger partial charge in [-0.2, -0.15) is 0 Å². The molecule has 0 fully saturated rings. The zero-order valence-corrected chi connectivity index (χ0v) is 16.3. The lowest BCUT2D eigenvalue weighted by atomic mass is 10.2. The number of hydrogen-bond acceptors (Lipinski definition) is 3. The van der Waals surface area contributed by atoms with E-state index in [1.165, 1.54) is 6.07 Å². The molecule has 0 bridgehead atoms. The molecule has 1 heterocycles. The maximum Gasteiger partial charge on any atom is 0.129 e. The monoisotopic (exact) mass is 435 g/mol. The number of ether oxygens (including phenoxy) is 1. The van der Waals surface area contributed by atoms with Gasteiger partial charge in [0, 0.05) is 41.1 Å². The van der Waals surface area contributed by atoms with E-state index in [0.29, 0.717) is 18.7 Å². The van der Waals surface area contributed by atoms with Crippen LogP contribution in [0, 0.1) is 5.82 Å². The standard InChI is InChI=1S/C20H18BrFN2O.ClH/c21-18-7-8-20(25-14-16-5-1-2-6-19(16)22)17(10-18)13-24-12-15-4-3-9-23-11-15;/h1-11,24H,12-14H2;1H/p-1. The predicted molar refractivity (Wildman–Crippen MR) is 99.7 cm³/mol. The summed E-state index contributed by atoms with van der Waals surface area (Å²) in [5.41, 5.74) is 2.67. The molecule has 0 aliphatic carbocycles. The van der Waals surface area contributed by atoms with E-state index < -0.39 is 0 Å². The normalized spacial score (nSPS) is 10.2. The zero-order chi connectivity index (χ0) is 17.5. The number of nitrogens with zero attached hydrogens (tertiary/aromatic N) is 1. The van der Waals surface area contributed by atoms with E-state index >= 15 is 0 Å². The molecule has 0 amide bonds. The zero-order valence-electron chi connectivity index (χ0n) is 14.0. The average Bonchev–Trinajstić information content (AvgIpc) is 2.63. The summed E-state index contributed by atoms with van der Waals surface area (Å²) in [5.74, 6) is 0.487. The first-order valence-electron chi connectivity index (χ1n) is 7.96. The Morgan fingerprint density at radius 1 is 1.00 bits per heavy atom. The largest absolute Gasteiger partial charge is 1.00 e. The number of nitrogens with one attached hydrogen (secondary N) is 1. The Balaban J connectivity index is 0.00000243. The van der Waals surface area contributed by atoms with Crippen molar-refractivity contribution in [1.29, 1.82) is 0 Å². The summed E-state index contributed by atoms with van der Waals surface area (Å²) in [4.78, 5) is 4.11. The Morgan fingerprint density at radius 3 is 2.62 bits per heavy atom. The summed E-state index contributed by atoms with van der Waals surface area (Å²) in [6, 6.07) is 16.4. The summed E-state index contributed by atoms with van der Waals surface area (Å²) in [6.07, 6.45) is 3.59. The second-order valence-electron chi connectivity index (χ2n) is 5.60. The molecule has 0 aliphatic heterocycles. The van der Waals surface area contributed by atoms with E-state index in [0.717, 1.165) is 21.3 Å². The van der Waals surface area contributed by atoms with Gasteiger partial charge in [0.2, 0.25) is 0 Å². The maximum absolute atomic E-state index is 13.7. The third kappa shape index (κ3) is 5.80. The van der Waals surface area contributed by atoms with Gasteiger partial charge in [0.05, 0.1) is 0 Å². The Kier molecular flexibility index (Phi) is 8.04. The molecule has 6 heteroatoms. The molecule has 3 aromatic rings. The highest BCUT2D eigenvalue weighted by atomic mass is 79.9. The Labute approximate surface area is 167 Å². The molecule has 0 saturated carbocycles. The number of pyridine rings is 1. The van der Waals surface area contributed by atoms with Crippen molar-refractivity contribution in [3.63, 3.8) is 0 Å². The molecule has 2 aromatic carbocycles. The predicted octanol–water partition coefficient (Wildman–Crippen LogP) is 1.86. The quantitative estimate of drug-likeness (QED) is 0.614. The van der Waals surface area contributed by atoms with Gasteiger partial charge in [0.25, 0.3) is 0 Å². The first-order chi connectivity index (χ1) is 12.2. The highest BCUT2D eigenvalue weighted by Gasteiger charge is 2.07. The summed E-state index contributed by atoms with van der Waals surface area (Å²) in [7, 11) is 0. The third-order valence-electron chi connectivity index (χ3n) is 3.73. The first-order valence-corrected chi connectivity index (χ1v) is 8.76. The lowest BCUT2D eigenvalue weighted by Gasteiger charge is -2.13. The van der Waals surface area contributed by atoms with Gasteiger partial charge in [0.15, 0.2) is 0 Å². The van der Waals surface area contributed by atoms with Gasteiger partial charge in [0.1, 0.15) is 18.2 Å². The minimum atomic E-state index is -0.254. The van der Waals surface area contributed by atoms with Crippen LogP contribution in [0.2, 0.25) is 0 Å². The number of benzene rings is 2. The van der Waals surface area contributed by atoms with Crippen LogP contribution in [0.4, 0.5) is 4.39 Å². The molecule has 0 radical (unpaired) electrons. The van der Waals surface area contributed by atoms with Crippen LogP contribution in [-0.2, 0) is 19.7 Å². The van der Waals surface area contributed by atoms with E-state index in [2.05, 4.69) is 26.2 Å². The molecular formula is C20H18BrClFN2O-. The molecule has 3 nitrogen and oxygen atoms in total. The van der Waals surface area contributed by atoms with Crippen LogP contribution in [0.15, 0.2) is 71.5 Å². The lowest BCUT2D eigenvalue weighted by Crippen LogP contribution is -3.00. The van der Waals surface area contributed by atoms with Crippen molar-refractivity contribution in [2.45, 2.75) is 19.7 Å². The number of hydrogen-bond donors (Lipinski definition) is 1. The fraction of sp³-hybridized carbons (Fsp3) is 0.150. The second-order valence-corrected chi connectivity index (χ2v) is 6.51. The van der Waals surface area contributed by atoms with Gasteiger partial charge in [-0.1, -0.05) is 40.2 Å². The van der Waals surface area contributed by atoms with E-state index in [1.807, 2.05) is 36.5 Å². The fourth-order valence-corrected chi connectivity index (χ4v) is 2.85. The highest BCUT2D eigenvalue weighted by molar-refractivity contribution is 9.10. The van der Waals surface area contributed by atoms with Crippen molar-refractivity contribution in [1.82, 2.24) is 10.3 Å². The molecule has 0 spiro atoms. The summed E-state index contributed by atoms with van der Waals surface area (Å²) >= 11 is 3.49. The number of aromatic nitrogens is 1. The fourth-order valence-electron chi connectivity index (χ4n) is 2.44. The molecule has 0 saturated heterocycles. The second kappa shape index (κ2) is 10.3. The molecular weight excluding hydrogens is 419 g/mol. The average molecular weight is 437 g/mol. The van der Waals surface area contributed by atoms with Gasteiger partial charge in [-0.15, -0.1) is 0 Å². The highest BCUT2D eigenvalue weighted by Crippen LogP contribution is 2.24. The molecule has 136 valence electrons. The van der Waals surface area contributed by atoms with Crippen LogP contribution in [0.3, 0.4) is 0 Å². The Hall–Kier alpha value is -1.95. The van der Waals surface area contributed by atoms with Crippen LogP contribution in [0.5, 0.6) is 5.75 Å². The Bertz CT molecular complexity index is 833. The third-order valence-corrected chi connectivity index (χ3v) is 4.22. The summed E-state index contributed by atoms with van der Waals surface area (Å²) in [6.45, 7) is 1.55. The topological polar surface area (TPSA) is 34.1 Å². The summed E-state index contributed by atoms with van der Waals surface area (Å²) < 4.78 is 20.6. The SMILES string of the molecule is Fc1ccccc1COc1ccc(Br)cc1CNCc1cccnc1.[Cl-]. The molecule has 1 N–H and O–H groups in total. The van der Waals surface area contributed by atoms with Crippen molar-refractivity contribution >= 4 is 15.9 Å². The van der Waals surface area contributed by atoms with E-state index in [9.17, 15) is 4.39 Å². The summed E-state index contributed by atoms with van der Waals surface area (Å²) in [5, 5.41) is 3.38. The van der Waals surface area contributed by atoms with Crippen molar-refractivity contribution < 1.29 is 21.5 Å². The van der Waals surface area contributed by atoms with Crippen molar-refractivity contribution in [3.05, 3.63) is 94.0 Å². The molecule has 0 atom stereocenters. The molecule has 3 rings (SSSR count). The van der Waals surface area contributed by atoms with Crippen LogP contribution in [0.25, 0.3) is 0 Å². The van der Waals surface area contributed by atoms with Crippen LogP contribution < -0.4 is 22.5 Å². The van der Waals surface area contributed by atoms with Crippen molar-refractivity contribution in [2.24, 2.45) is 0 Å². The number of halogens is 3. The molecule has 0 unspecified atom stereocenters. The number of rotatable bonds is 7. The van der Waals surface area contributed by atoms with Gasteiger partial charge >= 0.3 is 0 Å². The van der Waals surface area contributed by atoms with E-state index in [-0.39, 0.29) is 24.8 Å². The maximum atomic E-state index is 13.7.